The Morgan fingerprint density at radius 1 is 1.41 bits per heavy atom. The van der Waals surface area contributed by atoms with Crippen molar-refractivity contribution in [3.63, 3.8) is 0 Å². The molecule has 17 heavy (non-hydrogen) atoms. The van der Waals surface area contributed by atoms with Gasteiger partial charge in [0.25, 0.3) is 5.69 Å². The summed E-state index contributed by atoms with van der Waals surface area (Å²) in [5.41, 5.74) is 0.940. The predicted molar refractivity (Wildman–Crippen MR) is 60.0 cm³/mol. The fourth-order valence-corrected chi connectivity index (χ4v) is 1.26. The average molecular weight is 233 g/mol. The predicted octanol–water partition coefficient (Wildman–Crippen LogP) is 1.17. The minimum Gasteiger partial charge on any atom is -0.355 e. The number of amides is 1. The maximum absolute atomic E-state index is 11.0. The van der Waals surface area contributed by atoms with Crippen LogP contribution >= 0.6 is 0 Å². The highest BCUT2D eigenvalue weighted by Crippen LogP contribution is 2.11. The molecule has 0 saturated heterocycles. The molecule has 0 saturated carbocycles. The third-order valence-electron chi connectivity index (χ3n) is 2.12. The lowest BCUT2D eigenvalue weighted by Crippen LogP contribution is -2.24. The van der Waals surface area contributed by atoms with Crippen LogP contribution < -0.4 is 5.32 Å². The summed E-state index contributed by atoms with van der Waals surface area (Å²) in [6.07, 6.45) is 0.426. The molecule has 0 atom stereocenters. The van der Waals surface area contributed by atoms with Crippen molar-refractivity contribution < 1.29 is 9.72 Å². The molecule has 1 rings (SSSR count). The molecule has 0 aliphatic carbocycles. The molecule has 0 bridgehead atoms. The molecule has 0 aliphatic rings. The van der Waals surface area contributed by atoms with Crippen LogP contribution in [-0.4, -0.2) is 17.4 Å². The number of hydrogen-bond donors (Lipinski definition) is 1. The van der Waals surface area contributed by atoms with Gasteiger partial charge in [-0.15, -0.1) is 0 Å². The summed E-state index contributed by atoms with van der Waals surface area (Å²) < 4.78 is 0. The highest BCUT2D eigenvalue weighted by molar-refractivity contribution is 5.77. The number of rotatable bonds is 5. The third kappa shape index (κ3) is 4.30. The van der Waals surface area contributed by atoms with Crippen molar-refractivity contribution in [1.29, 1.82) is 5.26 Å². The first-order chi connectivity index (χ1) is 8.13. The van der Waals surface area contributed by atoms with Gasteiger partial charge in [0.1, 0.15) is 6.42 Å². The third-order valence-corrected chi connectivity index (χ3v) is 2.12. The van der Waals surface area contributed by atoms with Crippen LogP contribution in [0, 0.1) is 21.4 Å². The van der Waals surface area contributed by atoms with Crippen LogP contribution in [0.2, 0.25) is 0 Å². The van der Waals surface area contributed by atoms with Crippen LogP contribution in [0.1, 0.15) is 12.0 Å². The number of hydrogen-bond acceptors (Lipinski definition) is 4. The first kappa shape index (κ1) is 12.6. The molecule has 0 aromatic heterocycles. The maximum Gasteiger partial charge on any atom is 0.269 e. The molecule has 0 radical (unpaired) electrons. The normalized spacial score (nSPS) is 9.35. The van der Waals surface area contributed by atoms with Gasteiger partial charge in [0, 0.05) is 18.7 Å². The van der Waals surface area contributed by atoms with Crippen LogP contribution in [0.5, 0.6) is 0 Å². The van der Waals surface area contributed by atoms with Crippen LogP contribution in [0.4, 0.5) is 5.69 Å². The van der Waals surface area contributed by atoms with Gasteiger partial charge in [-0.05, 0) is 12.0 Å². The van der Waals surface area contributed by atoms with Gasteiger partial charge in [0.2, 0.25) is 5.91 Å². The summed E-state index contributed by atoms with van der Waals surface area (Å²) in [5.74, 6) is -0.311. The first-order valence-electron chi connectivity index (χ1n) is 5.00. The van der Waals surface area contributed by atoms with Gasteiger partial charge in [0.15, 0.2) is 0 Å². The average Bonchev–Trinajstić information content (AvgIpc) is 2.30. The van der Waals surface area contributed by atoms with E-state index in [1.807, 2.05) is 0 Å². The molecule has 0 fully saturated rings. The Kier molecular flexibility index (Phi) is 4.63. The van der Waals surface area contributed by atoms with E-state index >= 15 is 0 Å². The molecule has 1 amide bonds. The monoisotopic (exact) mass is 233 g/mol. The van der Waals surface area contributed by atoms with E-state index in [-0.39, 0.29) is 18.0 Å². The summed E-state index contributed by atoms with van der Waals surface area (Å²) in [6, 6.07) is 7.89. The van der Waals surface area contributed by atoms with Crippen LogP contribution in [0.25, 0.3) is 0 Å². The van der Waals surface area contributed by atoms with Crippen LogP contribution in [0.15, 0.2) is 24.3 Å². The van der Waals surface area contributed by atoms with Gasteiger partial charge in [-0.3, -0.25) is 14.9 Å². The Labute approximate surface area is 98.0 Å². The van der Waals surface area contributed by atoms with E-state index in [2.05, 4.69) is 5.32 Å². The van der Waals surface area contributed by atoms with Crippen molar-refractivity contribution in [3.05, 3.63) is 39.9 Å². The number of carbonyl (C=O) groups excluding carboxylic acids is 1. The highest BCUT2D eigenvalue weighted by Gasteiger charge is 2.04. The van der Waals surface area contributed by atoms with Gasteiger partial charge in [-0.2, -0.15) is 5.26 Å². The van der Waals surface area contributed by atoms with Crippen molar-refractivity contribution in [2.24, 2.45) is 0 Å². The molecule has 88 valence electrons. The second-order valence-corrected chi connectivity index (χ2v) is 3.36. The molecule has 6 nitrogen and oxygen atoms in total. The molecule has 1 aromatic carbocycles. The number of benzene rings is 1. The van der Waals surface area contributed by atoms with Gasteiger partial charge >= 0.3 is 0 Å². The van der Waals surface area contributed by atoms with Crippen molar-refractivity contribution in [1.82, 2.24) is 5.32 Å². The SMILES string of the molecule is N#CCC(=O)NCCc1ccc([N+](=O)[O-])cc1. The zero-order valence-corrected chi connectivity index (χ0v) is 9.05. The fraction of sp³-hybridized carbons (Fsp3) is 0.273. The summed E-state index contributed by atoms with van der Waals surface area (Å²) >= 11 is 0. The molecular weight excluding hydrogens is 222 g/mol. The lowest BCUT2D eigenvalue weighted by Gasteiger charge is -2.02. The Balaban J connectivity index is 2.40. The standard InChI is InChI=1S/C11H11N3O3/c12-7-5-11(15)13-8-6-9-1-3-10(4-2-9)14(16)17/h1-4H,5-6,8H2,(H,13,15). The molecule has 0 aliphatic heterocycles. The van der Waals surface area contributed by atoms with E-state index in [0.717, 1.165) is 5.56 Å². The topological polar surface area (TPSA) is 96.0 Å². The van der Waals surface area contributed by atoms with E-state index in [9.17, 15) is 14.9 Å². The first-order valence-corrected chi connectivity index (χ1v) is 5.00. The minimum absolute atomic E-state index is 0.0438. The van der Waals surface area contributed by atoms with Crippen molar-refractivity contribution in [2.75, 3.05) is 6.54 Å². The van der Waals surface area contributed by atoms with Crippen molar-refractivity contribution in [3.8, 4) is 6.07 Å². The minimum atomic E-state index is -0.460. The Hall–Kier alpha value is -2.42. The van der Waals surface area contributed by atoms with E-state index in [4.69, 9.17) is 5.26 Å². The molecule has 0 spiro atoms. The fourth-order valence-electron chi connectivity index (χ4n) is 1.26. The molecule has 1 aromatic rings. The van der Waals surface area contributed by atoms with Gasteiger partial charge in [0.05, 0.1) is 11.0 Å². The molecule has 0 unspecified atom stereocenters. The summed E-state index contributed by atoms with van der Waals surface area (Å²) in [7, 11) is 0. The molecular formula is C11H11N3O3. The Morgan fingerprint density at radius 3 is 2.59 bits per heavy atom. The van der Waals surface area contributed by atoms with Crippen LogP contribution in [0.3, 0.4) is 0 Å². The molecule has 1 N–H and O–H groups in total. The van der Waals surface area contributed by atoms with Gasteiger partial charge < -0.3 is 5.32 Å². The number of nitro groups is 1. The number of carbonyl (C=O) groups is 1. The lowest BCUT2D eigenvalue weighted by atomic mass is 10.1. The Morgan fingerprint density at radius 2 is 2.06 bits per heavy atom. The van der Waals surface area contributed by atoms with E-state index in [1.165, 1.54) is 12.1 Å². The summed E-state index contributed by atoms with van der Waals surface area (Å²) in [4.78, 5) is 20.9. The smallest absolute Gasteiger partial charge is 0.269 e. The zero-order chi connectivity index (χ0) is 12.7. The summed E-state index contributed by atoms with van der Waals surface area (Å²) in [6.45, 7) is 0.415. The largest absolute Gasteiger partial charge is 0.355 e. The van der Waals surface area contributed by atoms with Crippen molar-refractivity contribution in [2.45, 2.75) is 12.8 Å². The van der Waals surface area contributed by atoms with E-state index in [1.54, 1.807) is 18.2 Å². The van der Waals surface area contributed by atoms with E-state index < -0.39 is 4.92 Å². The lowest BCUT2D eigenvalue weighted by molar-refractivity contribution is -0.384. The van der Waals surface area contributed by atoms with E-state index in [0.29, 0.717) is 13.0 Å². The number of nitriles is 1. The number of nitro benzene ring substituents is 1. The Bertz CT molecular complexity index is 448. The highest BCUT2D eigenvalue weighted by atomic mass is 16.6. The number of non-ortho nitro benzene ring substituents is 1. The zero-order valence-electron chi connectivity index (χ0n) is 9.05. The molecule has 6 heteroatoms. The molecule has 0 heterocycles. The van der Waals surface area contributed by atoms with Gasteiger partial charge in [-0.25, -0.2) is 0 Å². The summed E-state index contributed by atoms with van der Waals surface area (Å²) in [5, 5.41) is 21.2. The second kappa shape index (κ2) is 6.23. The number of nitrogens with one attached hydrogen (secondary N) is 1. The second-order valence-electron chi connectivity index (χ2n) is 3.36. The van der Waals surface area contributed by atoms with Gasteiger partial charge in [-0.1, -0.05) is 12.1 Å². The number of nitrogens with zero attached hydrogens (tertiary/aromatic N) is 2. The maximum atomic E-state index is 11.0. The van der Waals surface area contributed by atoms with Crippen molar-refractivity contribution >= 4 is 11.6 Å². The van der Waals surface area contributed by atoms with Crippen LogP contribution in [-0.2, 0) is 11.2 Å². The quantitative estimate of drug-likeness (QED) is 0.609.